The van der Waals surface area contributed by atoms with Gasteiger partial charge >= 0.3 is 11.9 Å². The maximum atomic E-state index is 12.7. The molecule has 0 spiro atoms. The second-order valence-electron chi connectivity index (χ2n) is 7.88. The molecule has 1 atom stereocenters. The molecule has 30 heavy (non-hydrogen) atoms. The van der Waals surface area contributed by atoms with Crippen LogP contribution in [0, 0.1) is 5.41 Å². The minimum Gasteiger partial charge on any atom is -0.465 e. The molecule has 3 rings (SSSR count). The Kier molecular flexibility index (Phi) is 6.87. The Hall–Kier alpha value is -2.73. The third kappa shape index (κ3) is 5.05. The van der Waals surface area contributed by atoms with Gasteiger partial charge in [0.1, 0.15) is 6.10 Å². The van der Waals surface area contributed by atoms with E-state index < -0.39 is 11.5 Å². The average Bonchev–Trinajstić information content (AvgIpc) is 2.72. The Morgan fingerprint density at radius 2 is 1.97 bits per heavy atom. The minimum atomic E-state index is -0.705. The number of carbonyl (C=O) groups is 2. The van der Waals surface area contributed by atoms with Crippen LogP contribution in [0.5, 0.6) is 0 Å². The van der Waals surface area contributed by atoms with Crippen LogP contribution in [0.1, 0.15) is 63.8 Å². The van der Waals surface area contributed by atoms with Gasteiger partial charge in [0.2, 0.25) is 0 Å². The molecule has 0 unspecified atom stereocenters. The largest absolute Gasteiger partial charge is 0.465 e. The van der Waals surface area contributed by atoms with Gasteiger partial charge in [0.05, 0.1) is 29.3 Å². The molecule has 0 aliphatic heterocycles. The molecule has 1 aliphatic carbocycles. The van der Waals surface area contributed by atoms with E-state index in [-0.39, 0.29) is 18.0 Å². The summed E-state index contributed by atoms with van der Waals surface area (Å²) < 4.78 is 10.6. The molecule has 1 heterocycles. The molecule has 6 nitrogen and oxygen atoms in total. The number of aliphatic hydroxyl groups is 1. The molecule has 0 bridgehead atoms. The summed E-state index contributed by atoms with van der Waals surface area (Å²) in [7, 11) is 0. The van der Waals surface area contributed by atoms with E-state index in [1.54, 1.807) is 13.8 Å². The molecule has 0 saturated heterocycles. The van der Waals surface area contributed by atoms with E-state index in [9.17, 15) is 14.7 Å². The highest BCUT2D eigenvalue weighted by Crippen LogP contribution is 2.39. The van der Waals surface area contributed by atoms with Crippen molar-refractivity contribution in [1.82, 2.24) is 4.98 Å². The first-order chi connectivity index (χ1) is 14.3. The molecule has 0 amide bonds. The highest BCUT2D eigenvalue weighted by molar-refractivity contribution is 5.83. The lowest BCUT2D eigenvalue weighted by Crippen LogP contribution is -2.36. The molecule has 6 heteroatoms. The van der Waals surface area contributed by atoms with E-state index in [1.165, 1.54) is 6.92 Å². The van der Waals surface area contributed by atoms with Crippen LogP contribution in [-0.2, 0) is 19.1 Å². The predicted molar refractivity (Wildman–Crippen MR) is 114 cm³/mol. The summed E-state index contributed by atoms with van der Waals surface area (Å²) in [6.07, 6.45) is 5.37. The second-order valence-corrected chi connectivity index (χ2v) is 7.88. The van der Waals surface area contributed by atoms with E-state index in [1.807, 2.05) is 42.5 Å². The van der Waals surface area contributed by atoms with Crippen molar-refractivity contribution < 1.29 is 24.2 Å². The van der Waals surface area contributed by atoms with Crippen LogP contribution in [0.4, 0.5) is 0 Å². The SMILES string of the molecule is CCOC(=O)C1(C=Cc2ccc3ccc([C@@H](C)OC(C)=O)nc3c2)CCC(O)CC1. The third-order valence-electron chi connectivity index (χ3n) is 5.62. The number of fused-ring (bicyclic) bond motifs is 1. The normalized spacial score (nSPS) is 22.7. The molecule has 1 fully saturated rings. The number of hydrogen-bond donors (Lipinski definition) is 1. The fourth-order valence-corrected chi connectivity index (χ4v) is 3.88. The highest BCUT2D eigenvalue weighted by atomic mass is 16.5. The van der Waals surface area contributed by atoms with Crippen LogP contribution in [0.15, 0.2) is 36.4 Å². The smallest absolute Gasteiger partial charge is 0.315 e. The Bertz CT molecular complexity index is 944. The van der Waals surface area contributed by atoms with Crippen LogP contribution >= 0.6 is 0 Å². The topological polar surface area (TPSA) is 85.7 Å². The zero-order valence-electron chi connectivity index (χ0n) is 17.8. The van der Waals surface area contributed by atoms with E-state index >= 15 is 0 Å². The number of ether oxygens (including phenoxy) is 2. The molecule has 160 valence electrons. The number of aromatic nitrogens is 1. The Labute approximate surface area is 176 Å². The van der Waals surface area contributed by atoms with Crippen molar-refractivity contribution in [2.75, 3.05) is 6.61 Å². The summed E-state index contributed by atoms with van der Waals surface area (Å²) >= 11 is 0. The third-order valence-corrected chi connectivity index (χ3v) is 5.62. The van der Waals surface area contributed by atoms with Crippen molar-refractivity contribution in [2.45, 2.75) is 58.7 Å². The predicted octanol–water partition coefficient (Wildman–Crippen LogP) is 4.36. The second kappa shape index (κ2) is 9.39. The maximum Gasteiger partial charge on any atom is 0.315 e. The van der Waals surface area contributed by atoms with Crippen LogP contribution in [-0.4, -0.2) is 34.7 Å². The number of benzene rings is 1. The average molecular weight is 411 g/mol. The monoisotopic (exact) mass is 411 g/mol. The number of carbonyl (C=O) groups excluding carboxylic acids is 2. The highest BCUT2D eigenvalue weighted by Gasteiger charge is 2.40. The van der Waals surface area contributed by atoms with Crippen LogP contribution < -0.4 is 0 Å². The number of pyridine rings is 1. The maximum absolute atomic E-state index is 12.7. The van der Waals surface area contributed by atoms with Crippen molar-refractivity contribution >= 4 is 28.9 Å². The summed E-state index contributed by atoms with van der Waals surface area (Å²) in [5.74, 6) is -0.576. The van der Waals surface area contributed by atoms with Gasteiger partial charge in [-0.1, -0.05) is 30.4 Å². The number of aliphatic hydroxyl groups excluding tert-OH is 1. The van der Waals surface area contributed by atoms with E-state index in [0.29, 0.717) is 38.0 Å². The first-order valence-electron chi connectivity index (χ1n) is 10.5. The molecule has 1 aromatic carbocycles. The minimum absolute atomic E-state index is 0.232. The molecule has 1 N–H and O–H groups in total. The van der Waals surface area contributed by atoms with E-state index in [4.69, 9.17) is 9.47 Å². The summed E-state index contributed by atoms with van der Waals surface area (Å²) in [6, 6.07) is 9.71. The quantitative estimate of drug-likeness (QED) is 0.711. The standard InChI is InChI=1S/C24H29NO5/c1-4-29-23(28)24(13-10-20(27)11-14-24)12-9-18-5-6-19-7-8-21(25-22(19)15-18)16(2)30-17(3)26/h5-9,12,15-16,20,27H,4,10-11,13-14H2,1-3H3/t16-,20?,24?/m1/s1. The molecular weight excluding hydrogens is 382 g/mol. The van der Waals surface area contributed by atoms with Crippen molar-refractivity contribution in [3.63, 3.8) is 0 Å². The van der Waals surface area contributed by atoms with Gasteiger partial charge in [-0.15, -0.1) is 0 Å². The summed E-state index contributed by atoms with van der Waals surface area (Å²) in [4.78, 5) is 28.5. The Morgan fingerprint density at radius 3 is 2.63 bits per heavy atom. The van der Waals surface area contributed by atoms with Crippen molar-refractivity contribution in [3.8, 4) is 0 Å². The van der Waals surface area contributed by atoms with Crippen molar-refractivity contribution in [1.29, 1.82) is 0 Å². The van der Waals surface area contributed by atoms with Gasteiger partial charge in [-0.25, -0.2) is 4.98 Å². The molecule has 2 aromatic rings. The van der Waals surface area contributed by atoms with Crippen molar-refractivity contribution in [2.24, 2.45) is 5.41 Å². The lowest BCUT2D eigenvalue weighted by atomic mass is 9.72. The zero-order valence-corrected chi connectivity index (χ0v) is 17.8. The van der Waals surface area contributed by atoms with Gasteiger partial charge in [0, 0.05) is 12.3 Å². The van der Waals surface area contributed by atoms with Gasteiger partial charge in [-0.2, -0.15) is 0 Å². The molecule has 1 aromatic heterocycles. The van der Waals surface area contributed by atoms with Gasteiger partial charge in [0.15, 0.2) is 0 Å². The van der Waals surface area contributed by atoms with Gasteiger partial charge < -0.3 is 14.6 Å². The first kappa shape index (κ1) is 22.0. The number of rotatable bonds is 6. The molecular formula is C24H29NO5. The fraction of sp³-hybridized carbons (Fsp3) is 0.458. The number of hydrogen-bond acceptors (Lipinski definition) is 6. The number of esters is 2. The van der Waals surface area contributed by atoms with Crippen LogP contribution in [0.3, 0.4) is 0 Å². The Balaban J connectivity index is 1.88. The fourth-order valence-electron chi connectivity index (χ4n) is 3.88. The zero-order chi connectivity index (χ0) is 21.7. The van der Waals surface area contributed by atoms with E-state index in [0.717, 1.165) is 16.5 Å². The number of nitrogens with zero attached hydrogens (tertiary/aromatic N) is 1. The molecule has 0 radical (unpaired) electrons. The summed E-state index contributed by atoms with van der Waals surface area (Å²) in [6.45, 7) is 5.31. The van der Waals surface area contributed by atoms with Crippen LogP contribution in [0.25, 0.3) is 17.0 Å². The summed E-state index contributed by atoms with van der Waals surface area (Å²) in [5.41, 5.74) is 1.69. The van der Waals surface area contributed by atoms with Gasteiger partial charge in [-0.05, 0) is 57.2 Å². The lowest BCUT2D eigenvalue weighted by molar-refractivity contribution is -0.155. The Morgan fingerprint density at radius 1 is 1.27 bits per heavy atom. The molecule has 1 saturated carbocycles. The first-order valence-corrected chi connectivity index (χ1v) is 10.5. The van der Waals surface area contributed by atoms with Gasteiger partial charge in [-0.3, -0.25) is 9.59 Å². The molecule has 1 aliphatic rings. The summed E-state index contributed by atoms with van der Waals surface area (Å²) in [5, 5.41) is 10.8. The lowest BCUT2D eigenvalue weighted by Gasteiger charge is -2.34. The van der Waals surface area contributed by atoms with Crippen LogP contribution in [0.2, 0.25) is 0 Å². The van der Waals surface area contributed by atoms with E-state index in [2.05, 4.69) is 4.98 Å². The van der Waals surface area contributed by atoms with Gasteiger partial charge in [0.25, 0.3) is 0 Å². The van der Waals surface area contributed by atoms with Crippen molar-refractivity contribution in [3.05, 3.63) is 47.7 Å².